The zero-order valence-corrected chi connectivity index (χ0v) is 15.8. The monoisotopic (exact) mass is 399 g/mol. The number of carbonyl (C=O) groups excluding carboxylic acids is 2. The van der Waals surface area contributed by atoms with Crippen LogP contribution in [-0.2, 0) is 11.3 Å². The van der Waals surface area contributed by atoms with E-state index < -0.39 is 31.1 Å². The van der Waals surface area contributed by atoms with Crippen molar-refractivity contribution in [2.24, 2.45) is 0 Å². The number of Topliss-reactive ketones (excluding diaryl/α,β-unsaturated/α-hetero) is 1. The van der Waals surface area contributed by atoms with Crippen LogP contribution in [0.1, 0.15) is 32.1 Å². The number of aryl methyl sites for hydroxylation is 1. The van der Waals surface area contributed by atoms with Gasteiger partial charge in [-0.25, -0.2) is 4.79 Å². The maximum absolute atomic E-state index is 12.7. The molecule has 0 unspecified atom stereocenters. The average Bonchev–Trinajstić information content (AvgIpc) is 2.92. The van der Waals surface area contributed by atoms with Crippen LogP contribution in [0.3, 0.4) is 0 Å². The molecule has 0 aliphatic carbocycles. The first-order chi connectivity index (χ1) is 13.1. The number of aromatic nitrogens is 1. The van der Waals surface area contributed by atoms with E-state index in [1.807, 2.05) is 0 Å². The maximum Gasteiger partial charge on any atom is 0.406 e. The van der Waals surface area contributed by atoms with Crippen LogP contribution < -0.4 is 9.47 Å². The molecular weight excluding hydrogens is 379 g/mol. The van der Waals surface area contributed by atoms with Gasteiger partial charge >= 0.3 is 12.1 Å². The van der Waals surface area contributed by atoms with Gasteiger partial charge in [-0.1, -0.05) is 0 Å². The van der Waals surface area contributed by atoms with Crippen LogP contribution in [0.15, 0.2) is 24.3 Å². The quantitative estimate of drug-likeness (QED) is 0.524. The normalized spacial score (nSPS) is 11.2. The van der Waals surface area contributed by atoms with E-state index in [9.17, 15) is 22.8 Å². The van der Waals surface area contributed by atoms with E-state index in [0.29, 0.717) is 5.69 Å². The van der Waals surface area contributed by atoms with Crippen LogP contribution in [0.2, 0.25) is 0 Å². The van der Waals surface area contributed by atoms with Gasteiger partial charge in [0.2, 0.25) is 5.78 Å². The molecule has 1 aromatic heterocycles. The minimum absolute atomic E-state index is 0.159. The number of esters is 1. The first-order valence-corrected chi connectivity index (χ1v) is 8.23. The Labute approximate surface area is 159 Å². The summed E-state index contributed by atoms with van der Waals surface area (Å²) in [7, 11) is 2.61. The van der Waals surface area contributed by atoms with Gasteiger partial charge in [-0.05, 0) is 38.1 Å². The highest BCUT2D eigenvalue weighted by Crippen LogP contribution is 2.29. The summed E-state index contributed by atoms with van der Waals surface area (Å²) in [4.78, 5) is 24.0. The number of benzene rings is 1. The lowest BCUT2D eigenvalue weighted by atomic mass is 10.1. The van der Waals surface area contributed by atoms with Gasteiger partial charge in [0, 0.05) is 17.0 Å². The van der Waals surface area contributed by atoms with Gasteiger partial charge < -0.3 is 18.8 Å². The topological polar surface area (TPSA) is 66.8 Å². The van der Waals surface area contributed by atoms with Crippen LogP contribution in [0.25, 0.3) is 0 Å². The molecule has 2 aromatic rings. The molecule has 28 heavy (non-hydrogen) atoms. The molecule has 0 N–H and O–H groups in total. The molecule has 0 amide bonds. The zero-order chi connectivity index (χ0) is 21.1. The highest BCUT2D eigenvalue weighted by Gasteiger charge is 2.30. The molecule has 0 fully saturated rings. The summed E-state index contributed by atoms with van der Waals surface area (Å²) in [6, 6.07) is 5.71. The Morgan fingerprint density at radius 3 is 2.32 bits per heavy atom. The number of rotatable bonds is 7. The molecule has 0 saturated heterocycles. The highest BCUT2D eigenvalue weighted by molar-refractivity contribution is 5.98. The summed E-state index contributed by atoms with van der Waals surface area (Å²) in [5.41, 5.74) is 0.954. The Balaban J connectivity index is 2.17. The van der Waals surface area contributed by atoms with Crippen molar-refractivity contribution >= 4 is 11.8 Å². The first kappa shape index (κ1) is 21.3. The predicted molar refractivity (Wildman–Crippen MR) is 94.1 cm³/mol. The SMILES string of the molecule is COC(=O)c1ccc(OCC(=O)c2cc(C)n(CC(F)(F)F)c2C)c(OC)c1. The molecule has 0 atom stereocenters. The van der Waals surface area contributed by atoms with E-state index in [1.165, 1.54) is 52.3 Å². The van der Waals surface area contributed by atoms with Crippen molar-refractivity contribution < 1.29 is 37.0 Å². The molecular formula is C19H20F3NO5. The van der Waals surface area contributed by atoms with Crippen LogP contribution in [0, 0.1) is 13.8 Å². The molecule has 0 radical (unpaired) electrons. The molecule has 1 heterocycles. The van der Waals surface area contributed by atoms with Gasteiger partial charge in [0.1, 0.15) is 6.54 Å². The predicted octanol–water partition coefficient (Wildman–Crippen LogP) is 3.72. The molecule has 0 aliphatic rings. The number of halogens is 3. The Morgan fingerprint density at radius 2 is 1.75 bits per heavy atom. The molecule has 9 heteroatoms. The van der Waals surface area contributed by atoms with Crippen molar-refractivity contribution in [1.82, 2.24) is 4.57 Å². The van der Waals surface area contributed by atoms with Crippen molar-refractivity contribution in [1.29, 1.82) is 0 Å². The lowest BCUT2D eigenvalue weighted by Crippen LogP contribution is -2.20. The maximum atomic E-state index is 12.7. The van der Waals surface area contributed by atoms with Crippen molar-refractivity contribution in [2.45, 2.75) is 26.6 Å². The largest absolute Gasteiger partial charge is 0.493 e. The van der Waals surface area contributed by atoms with E-state index in [1.54, 1.807) is 0 Å². The average molecular weight is 399 g/mol. The minimum Gasteiger partial charge on any atom is -0.493 e. The van der Waals surface area contributed by atoms with Crippen LogP contribution in [0.4, 0.5) is 13.2 Å². The van der Waals surface area contributed by atoms with Gasteiger partial charge in [-0.2, -0.15) is 13.2 Å². The number of alkyl halides is 3. The molecule has 0 spiro atoms. The van der Waals surface area contributed by atoms with Crippen LogP contribution >= 0.6 is 0 Å². The zero-order valence-electron chi connectivity index (χ0n) is 15.8. The first-order valence-electron chi connectivity index (χ1n) is 8.23. The highest BCUT2D eigenvalue weighted by atomic mass is 19.4. The molecule has 152 valence electrons. The lowest BCUT2D eigenvalue weighted by Gasteiger charge is -2.13. The van der Waals surface area contributed by atoms with E-state index in [2.05, 4.69) is 4.74 Å². The van der Waals surface area contributed by atoms with Crippen molar-refractivity contribution in [3.63, 3.8) is 0 Å². The van der Waals surface area contributed by atoms with Crippen LogP contribution in [0.5, 0.6) is 11.5 Å². The van der Waals surface area contributed by atoms with Gasteiger partial charge in [-0.3, -0.25) is 4.79 Å². The van der Waals surface area contributed by atoms with Gasteiger partial charge in [0.25, 0.3) is 0 Å². The standard InChI is InChI=1S/C19H20F3NO5/c1-11-7-14(12(2)23(11)10-19(20,21)22)15(24)9-28-16-6-5-13(18(25)27-4)8-17(16)26-3/h5-8H,9-10H2,1-4H3. The summed E-state index contributed by atoms with van der Waals surface area (Å²) in [6.07, 6.45) is -4.39. The van der Waals surface area contributed by atoms with Gasteiger partial charge in [0.05, 0.1) is 19.8 Å². The summed E-state index contributed by atoms with van der Waals surface area (Å²) < 4.78 is 54.4. The molecule has 2 rings (SSSR count). The lowest BCUT2D eigenvalue weighted by molar-refractivity contribution is -0.141. The number of carbonyl (C=O) groups is 2. The second-order valence-corrected chi connectivity index (χ2v) is 6.06. The van der Waals surface area contributed by atoms with Crippen molar-refractivity contribution in [3.05, 3.63) is 46.8 Å². The third-order valence-corrected chi connectivity index (χ3v) is 4.15. The van der Waals surface area contributed by atoms with E-state index in [0.717, 1.165) is 4.57 Å². The summed E-state index contributed by atoms with van der Waals surface area (Å²) >= 11 is 0. The minimum atomic E-state index is -4.39. The van der Waals surface area contributed by atoms with Crippen molar-refractivity contribution in [3.8, 4) is 11.5 Å². The molecule has 6 nitrogen and oxygen atoms in total. The summed E-state index contributed by atoms with van der Waals surface area (Å²) in [6.45, 7) is 1.40. The molecule has 1 aromatic carbocycles. The summed E-state index contributed by atoms with van der Waals surface area (Å²) in [5.74, 6) is -0.593. The number of nitrogens with zero attached hydrogens (tertiary/aromatic N) is 1. The van der Waals surface area contributed by atoms with Gasteiger partial charge in [0.15, 0.2) is 18.1 Å². The molecule has 0 bridgehead atoms. The Bertz CT molecular complexity index is 886. The fourth-order valence-corrected chi connectivity index (χ4v) is 2.76. The van der Waals surface area contributed by atoms with E-state index in [-0.39, 0.29) is 28.3 Å². The number of ketones is 1. The van der Waals surface area contributed by atoms with Crippen molar-refractivity contribution in [2.75, 3.05) is 20.8 Å². The second kappa shape index (κ2) is 8.37. The smallest absolute Gasteiger partial charge is 0.406 e. The fourth-order valence-electron chi connectivity index (χ4n) is 2.76. The van der Waals surface area contributed by atoms with E-state index in [4.69, 9.17) is 9.47 Å². The van der Waals surface area contributed by atoms with Crippen LogP contribution in [-0.4, -0.2) is 43.3 Å². The Kier molecular flexibility index (Phi) is 6.37. The number of hydrogen-bond acceptors (Lipinski definition) is 5. The summed E-state index contributed by atoms with van der Waals surface area (Å²) in [5, 5.41) is 0. The molecule has 0 aliphatic heterocycles. The Morgan fingerprint density at radius 1 is 1.07 bits per heavy atom. The third kappa shape index (κ3) is 4.85. The van der Waals surface area contributed by atoms with E-state index >= 15 is 0 Å². The molecule has 0 saturated carbocycles. The third-order valence-electron chi connectivity index (χ3n) is 4.15. The number of hydrogen-bond donors (Lipinski definition) is 0. The second-order valence-electron chi connectivity index (χ2n) is 6.06. The number of methoxy groups -OCH3 is 2. The number of ether oxygens (including phenoxy) is 3. The Hall–Kier alpha value is -2.97. The van der Waals surface area contributed by atoms with Gasteiger partial charge in [-0.15, -0.1) is 0 Å². The fraction of sp³-hybridized carbons (Fsp3) is 0.368.